The predicted octanol–water partition coefficient (Wildman–Crippen LogP) is 6.03. The van der Waals surface area contributed by atoms with E-state index in [9.17, 15) is 38.4 Å². The molecule has 0 saturated carbocycles. The minimum absolute atomic E-state index is 0.0174. The molecule has 3 aliphatic rings. The van der Waals surface area contributed by atoms with Crippen LogP contribution < -0.4 is 15.4 Å². The first-order valence-corrected chi connectivity index (χ1v) is 28.9. The number of imide groups is 2. The van der Waals surface area contributed by atoms with E-state index in [1.54, 1.807) is 18.9 Å². The van der Waals surface area contributed by atoms with Crippen molar-refractivity contribution in [3.8, 4) is 5.75 Å². The number of methoxy groups -OCH3 is 2. The standard InChI is InChI=1S/C60H91N7O13/c1-12-41(6)55(64(9)54(40(4)5)59(74)62-58(73)53(39(2)3)63(8)32-18-14-17-25-52(71)80-67-49(68)30-31-50(67)69)48(76-10)37-51(70)65-33-21-24-47(65)56(77-11)42(7)57(72)61-46(60(75)66-34-19-20-35-79-66)36-43-26-28-45(29-27-43)78-38-44-22-15-13-16-23-44/h13,15-16,22-23,26-29,39-42,46-48,53-56H,12,14,17-21,24-25,30-38H2,1-11H3,(H,61,72)(H,62,73,74)/t41-,42+,46-,47-,48+,53-,54-,55-,56+/m0/s1. The summed E-state index contributed by atoms with van der Waals surface area (Å²) in [5.74, 6) is -4.06. The highest BCUT2D eigenvalue weighted by atomic mass is 16.7. The summed E-state index contributed by atoms with van der Waals surface area (Å²) in [6.45, 7) is 15.7. The SMILES string of the molecule is CC[C@H](C)[C@@H]([C@@H](CC(=O)N1CCC[C@H]1[C@H](OC)[C@@H](C)C(=O)N[C@@H](Cc1ccc(OCc2ccccc2)cc1)C(=O)N1CCCCO1)OC)N(C)[C@H](C(=O)NC(=O)[C@H](C(C)C)N(C)CCCCCC(=O)ON1C(=O)CCC1=O)C(C)C. The summed E-state index contributed by atoms with van der Waals surface area (Å²) in [6.07, 6.45) is 4.23. The fourth-order valence-electron chi connectivity index (χ4n) is 11.5. The molecule has 0 radical (unpaired) electrons. The van der Waals surface area contributed by atoms with Crippen LogP contribution in [0.15, 0.2) is 54.6 Å². The molecule has 20 nitrogen and oxygen atoms in total. The molecule has 3 aliphatic heterocycles. The lowest BCUT2D eigenvalue weighted by atomic mass is 9.87. The summed E-state index contributed by atoms with van der Waals surface area (Å²) in [5, 5.41) is 7.68. The van der Waals surface area contributed by atoms with Crippen LogP contribution in [0.3, 0.4) is 0 Å². The number of hydroxylamine groups is 4. The summed E-state index contributed by atoms with van der Waals surface area (Å²) in [7, 11) is 6.77. The zero-order valence-corrected chi connectivity index (χ0v) is 49.3. The second-order valence-electron chi connectivity index (χ2n) is 22.5. The van der Waals surface area contributed by atoms with Crippen LogP contribution in [0, 0.1) is 23.7 Å². The molecule has 2 aromatic rings. The van der Waals surface area contributed by atoms with Gasteiger partial charge in [-0.05, 0) is 100 Å². The first kappa shape index (κ1) is 65.0. The van der Waals surface area contributed by atoms with Crippen LogP contribution >= 0.6 is 0 Å². The number of amides is 7. The zero-order valence-electron chi connectivity index (χ0n) is 49.3. The molecule has 3 saturated heterocycles. The van der Waals surface area contributed by atoms with E-state index in [0.717, 1.165) is 24.0 Å². The fourth-order valence-corrected chi connectivity index (χ4v) is 11.5. The number of carbonyl (C=O) groups is 8. The van der Waals surface area contributed by atoms with Gasteiger partial charge in [0, 0.05) is 59.0 Å². The quantitative estimate of drug-likeness (QED) is 0.0650. The molecule has 20 heteroatoms. The summed E-state index contributed by atoms with van der Waals surface area (Å²) >= 11 is 0. The highest BCUT2D eigenvalue weighted by Gasteiger charge is 2.44. The molecule has 0 aromatic heterocycles. The number of likely N-dealkylation sites (tertiary alicyclic amines) is 1. The maximum atomic E-state index is 14.7. The molecule has 5 rings (SSSR count). The molecule has 80 heavy (non-hydrogen) atoms. The van der Waals surface area contributed by atoms with E-state index in [1.807, 2.05) is 113 Å². The van der Waals surface area contributed by atoms with Crippen molar-refractivity contribution in [1.29, 1.82) is 0 Å². The fraction of sp³-hybridized carbons (Fsp3) is 0.667. The van der Waals surface area contributed by atoms with E-state index in [1.165, 1.54) is 12.2 Å². The maximum Gasteiger partial charge on any atom is 0.333 e. The molecule has 9 atom stereocenters. The summed E-state index contributed by atoms with van der Waals surface area (Å²) in [6, 6.07) is 14.1. The Morgan fingerprint density at radius 3 is 2.02 bits per heavy atom. The van der Waals surface area contributed by atoms with Crippen LogP contribution in [0.2, 0.25) is 0 Å². The average Bonchev–Trinajstić information content (AvgIpc) is 4.07. The Kier molecular flexibility index (Phi) is 26.0. The van der Waals surface area contributed by atoms with Crippen LogP contribution in [0.4, 0.5) is 0 Å². The van der Waals surface area contributed by atoms with Crippen LogP contribution in [0.5, 0.6) is 5.75 Å². The van der Waals surface area contributed by atoms with E-state index in [2.05, 4.69) is 17.6 Å². The number of nitrogens with zero attached hydrogens (tertiary/aromatic N) is 5. The molecular weight excluding hydrogens is 1030 g/mol. The molecule has 444 valence electrons. The van der Waals surface area contributed by atoms with Crippen molar-refractivity contribution in [1.82, 2.24) is 35.5 Å². The highest BCUT2D eigenvalue weighted by Crippen LogP contribution is 2.31. The van der Waals surface area contributed by atoms with E-state index in [0.29, 0.717) is 82.2 Å². The Bertz CT molecular complexity index is 2330. The smallest absolute Gasteiger partial charge is 0.333 e. The molecule has 3 heterocycles. The van der Waals surface area contributed by atoms with Crippen molar-refractivity contribution in [3.63, 3.8) is 0 Å². The van der Waals surface area contributed by atoms with Gasteiger partial charge in [0.25, 0.3) is 17.7 Å². The Morgan fingerprint density at radius 2 is 1.43 bits per heavy atom. The number of nitrogens with one attached hydrogen (secondary N) is 2. The number of hydrogen-bond donors (Lipinski definition) is 2. The van der Waals surface area contributed by atoms with Gasteiger partial charge in [-0.15, -0.1) is 5.06 Å². The van der Waals surface area contributed by atoms with Gasteiger partial charge in [-0.2, -0.15) is 0 Å². The molecule has 0 spiro atoms. The third-order valence-electron chi connectivity index (χ3n) is 16.0. The second kappa shape index (κ2) is 32.0. The Morgan fingerprint density at radius 1 is 0.762 bits per heavy atom. The average molecular weight is 1120 g/mol. The molecule has 2 N–H and O–H groups in total. The lowest BCUT2D eigenvalue weighted by Crippen LogP contribution is -2.60. The molecule has 7 amide bonds. The zero-order chi connectivity index (χ0) is 58.6. The highest BCUT2D eigenvalue weighted by molar-refractivity contribution is 6.02. The third-order valence-corrected chi connectivity index (χ3v) is 16.0. The van der Waals surface area contributed by atoms with Gasteiger partial charge >= 0.3 is 5.97 Å². The number of benzene rings is 2. The van der Waals surface area contributed by atoms with Crippen molar-refractivity contribution in [2.24, 2.45) is 23.7 Å². The van der Waals surface area contributed by atoms with E-state index >= 15 is 0 Å². The number of unbranched alkanes of at least 4 members (excludes halogenated alkanes) is 2. The van der Waals surface area contributed by atoms with Gasteiger partial charge in [0.05, 0.1) is 49.3 Å². The van der Waals surface area contributed by atoms with Gasteiger partial charge in [0.2, 0.25) is 23.6 Å². The summed E-state index contributed by atoms with van der Waals surface area (Å²) in [4.78, 5) is 124. The number of rotatable bonds is 31. The first-order valence-electron chi connectivity index (χ1n) is 28.9. The first-order chi connectivity index (χ1) is 38.2. The van der Waals surface area contributed by atoms with E-state index < -0.39 is 83.8 Å². The van der Waals surface area contributed by atoms with E-state index in [-0.39, 0.29) is 61.7 Å². The van der Waals surface area contributed by atoms with Crippen molar-refractivity contribution >= 4 is 47.3 Å². The third kappa shape index (κ3) is 18.1. The van der Waals surface area contributed by atoms with Crippen LogP contribution in [0.1, 0.15) is 137 Å². The number of likely N-dealkylation sites (N-methyl/N-ethyl adjacent to an activating group) is 2. The van der Waals surface area contributed by atoms with Crippen molar-refractivity contribution in [2.75, 3.05) is 54.6 Å². The molecular formula is C60H91N7O13. The second-order valence-corrected chi connectivity index (χ2v) is 22.5. The lowest BCUT2D eigenvalue weighted by Gasteiger charge is -2.43. The predicted molar refractivity (Wildman–Crippen MR) is 300 cm³/mol. The Labute approximate surface area is 474 Å². The minimum atomic E-state index is -0.943. The van der Waals surface area contributed by atoms with Crippen molar-refractivity contribution < 1.29 is 62.2 Å². The molecule has 0 aliphatic carbocycles. The topological polar surface area (TPSA) is 223 Å². The number of carbonyl (C=O) groups excluding carboxylic acids is 8. The molecule has 3 fully saturated rings. The summed E-state index contributed by atoms with van der Waals surface area (Å²) < 4.78 is 18.3. The van der Waals surface area contributed by atoms with Crippen LogP contribution in [-0.2, 0) is 70.5 Å². The van der Waals surface area contributed by atoms with Gasteiger partial charge in [0.1, 0.15) is 18.4 Å². The normalized spacial score (nSPS) is 18.9. The summed E-state index contributed by atoms with van der Waals surface area (Å²) in [5.41, 5.74) is 1.86. The Balaban J connectivity index is 1.22. The largest absolute Gasteiger partial charge is 0.489 e. The van der Waals surface area contributed by atoms with Crippen molar-refractivity contribution in [3.05, 3.63) is 65.7 Å². The van der Waals surface area contributed by atoms with Gasteiger partial charge in [-0.25, -0.2) is 9.86 Å². The van der Waals surface area contributed by atoms with Crippen LogP contribution in [-0.4, -0.2) is 169 Å². The van der Waals surface area contributed by atoms with Crippen LogP contribution in [0.25, 0.3) is 0 Å². The van der Waals surface area contributed by atoms with Gasteiger partial charge < -0.3 is 29.3 Å². The minimum Gasteiger partial charge on any atom is -0.489 e. The van der Waals surface area contributed by atoms with Gasteiger partial charge in [0.15, 0.2) is 0 Å². The molecule has 0 bridgehead atoms. The van der Waals surface area contributed by atoms with E-state index in [4.69, 9.17) is 23.9 Å². The molecule has 2 aromatic carbocycles. The lowest BCUT2D eigenvalue weighted by molar-refractivity contribution is -0.199. The van der Waals surface area contributed by atoms with Gasteiger partial charge in [-0.3, -0.25) is 53.5 Å². The molecule has 0 unspecified atom stereocenters. The monoisotopic (exact) mass is 1120 g/mol. The maximum absolute atomic E-state index is 14.7. The Hall–Kier alpha value is -5.80. The van der Waals surface area contributed by atoms with Crippen molar-refractivity contribution in [2.45, 2.75) is 181 Å². The van der Waals surface area contributed by atoms with Gasteiger partial charge in [-0.1, -0.05) is 104 Å². The number of hydrogen-bond acceptors (Lipinski definition) is 15. The number of ether oxygens (including phenoxy) is 3.